The third-order valence-corrected chi connectivity index (χ3v) is 13.3. The first-order valence-electron chi connectivity index (χ1n) is 20.4. The molecule has 0 aliphatic carbocycles. The lowest BCUT2D eigenvalue weighted by atomic mass is 9.89. The number of carbonyl (C=O) groups is 4. The lowest BCUT2D eigenvalue weighted by Gasteiger charge is -2.45. The van der Waals surface area contributed by atoms with Crippen LogP contribution in [-0.2, 0) is 39.6 Å². The van der Waals surface area contributed by atoms with Crippen molar-refractivity contribution in [2.45, 2.75) is 123 Å². The van der Waals surface area contributed by atoms with Crippen molar-refractivity contribution >= 4 is 68.3 Å². The summed E-state index contributed by atoms with van der Waals surface area (Å²) in [5, 5.41) is 6.24. The van der Waals surface area contributed by atoms with Crippen LogP contribution in [0.15, 0.2) is 42.5 Å². The molecule has 0 radical (unpaired) electrons. The van der Waals surface area contributed by atoms with Gasteiger partial charge in [-0.2, -0.15) is 4.31 Å². The largest absolute Gasteiger partial charge is 0.479 e. The lowest BCUT2D eigenvalue weighted by Crippen LogP contribution is -2.55. The SMILES string of the molecule is CC(C)(C)OC(=O)COc1c(C(=O)OC(C)(C)C)sc(-c2cccc(N[C@@H]3CCN(S(=O)(=O)Cc4ccc(F)c(NC(=O)C5CN(C(=O)OC(C)(C)C)C5)c4)C(C)(C)C3)c2)c1Cl. The number of benzene rings is 2. The molecule has 0 bridgehead atoms. The molecule has 340 valence electrons. The minimum atomic E-state index is -3.91. The molecule has 2 N–H and O–H groups in total. The number of thiophene rings is 1. The Hall–Kier alpha value is -4.45. The first-order chi connectivity index (χ1) is 28.5. The minimum Gasteiger partial charge on any atom is -0.479 e. The molecular formula is C44H58ClFN4O10S2. The van der Waals surface area contributed by atoms with Crippen molar-refractivity contribution in [1.29, 1.82) is 0 Å². The molecule has 5 rings (SSSR count). The quantitative estimate of drug-likeness (QED) is 0.131. The average molecular weight is 922 g/mol. The standard InChI is InChI=1S/C44H58ClFN4O10S2/c1-41(2,3)58-33(51)24-57-35-34(45)36(61-37(35)39(53)59-42(4,5)6)27-13-12-14-29(20-27)47-30-17-18-50(44(10,11)21-30)62(55,56)25-26-15-16-31(46)32(19-26)48-38(52)28-22-49(23-28)40(54)60-43(7,8)9/h12-16,19-20,28,30,47H,17-18,21-25H2,1-11H3,(H,48,52)/t30-/m1/s1. The highest BCUT2D eigenvalue weighted by atomic mass is 35.5. The van der Waals surface area contributed by atoms with E-state index in [4.69, 9.17) is 30.5 Å². The van der Waals surface area contributed by atoms with Crippen LogP contribution in [0.3, 0.4) is 0 Å². The summed E-state index contributed by atoms with van der Waals surface area (Å²) in [6.45, 7) is 19.3. The molecule has 0 saturated carbocycles. The van der Waals surface area contributed by atoms with Gasteiger partial charge in [-0.1, -0.05) is 29.8 Å². The van der Waals surface area contributed by atoms with Crippen LogP contribution in [0.2, 0.25) is 5.02 Å². The number of hydrogen-bond donors (Lipinski definition) is 2. The Labute approximate surface area is 372 Å². The van der Waals surface area contributed by atoms with Gasteiger partial charge in [-0.3, -0.25) is 4.79 Å². The molecule has 14 nitrogen and oxygen atoms in total. The highest BCUT2D eigenvalue weighted by molar-refractivity contribution is 7.88. The fourth-order valence-electron chi connectivity index (χ4n) is 7.08. The van der Waals surface area contributed by atoms with Crippen LogP contribution < -0.4 is 15.4 Å². The minimum absolute atomic E-state index is 0.0175. The molecule has 2 amide bonds. The molecule has 62 heavy (non-hydrogen) atoms. The zero-order valence-electron chi connectivity index (χ0n) is 37.2. The summed E-state index contributed by atoms with van der Waals surface area (Å²) < 4.78 is 66.4. The number of piperidine rings is 1. The van der Waals surface area contributed by atoms with E-state index in [0.717, 1.165) is 23.1 Å². The molecule has 2 fully saturated rings. The monoisotopic (exact) mass is 920 g/mol. The van der Waals surface area contributed by atoms with Gasteiger partial charge in [-0.15, -0.1) is 11.3 Å². The normalized spacial score (nSPS) is 17.4. The molecular weight excluding hydrogens is 863 g/mol. The van der Waals surface area contributed by atoms with E-state index in [-0.39, 0.29) is 47.0 Å². The third-order valence-electron chi connectivity index (χ3n) is 9.62. The Bertz CT molecular complexity index is 2290. The molecule has 0 spiro atoms. The smallest absolute Gasteiger partial charge is 0.410 e. The van der Waals surface area contributed by atoms with E-state index in [0.29, 0.717) is 28.8 Å². The number of anilines is 2. The first-order valence-corrected chi connectivity index (χ1v) is 23.2. The number of halogens is 2. The van der Waals surface area contributed by atoms with E-state index in [9.17, 15) is 32.0 Å². The zero-order valence-corrected chi connectivity index (χ0v) is 39.6. The molecule has 3 heterocycles. The van der Waals surface area contributed by atoms with Crippen molar-refractivity contribution in [3.05, 3.63) is 63.7 Å². The van der Waals surface area contributed by atoms with E-state index >= 15 is 0 Å². The summed E-state index contributed by atoms with van der Waals surface area (Å²) >= 11 is 7.95. The fraction of sp³-hybridized carbons (Fsp3) is 0.545. The molecule has 1 aromatic heterocycles. The predicted octanol–water partition coefficient (Wildman–Crippen LogP) is 8.87. The van der Waals surface area contributed by atoms with Crippen LogP contribution in [0.4, 0.5) is 20.6 Å². The summed E-state index contributed by atoms with van der Waals surface area (Å²) in [7, 11) is -3.91. The van der Waals surface area contributed by atoms with Crippen molar-refractivity contribution in [2.75, 3.05) is 36.9 Å². The van der Waals surface area contributed by atoms with Crippen LogP contribution in [0, 0.1) is 11.7 Å². The maximum Gasteiger partial charge on any atom is 0.410 e. The van der Waals surface area contributed by atoms with Crippen LogP contribution in [-0.4, -0.2) is 96.2 Å². The fourth-order valence-corrected chi connectivity index (χ4v) is 10.5. The molecule has 2 aliphatic rings. The summed E-state index contributed by atoms with van der Waals surface area (Å²) in [4.78, 5) is 53.1. The highest BCUT2D eigenvalue weighted by Crippen LogP contribution is 2.47. The summed E-state index contributed by atoms with van der Waals surface area (Å²) in [5.41, 5.74) is -1.47. The third kappa shape index (κ3) is 12.8. The topological polar surface area (TPSA) is 170 Å². The van der Waals surface area contributed by atoms with Crippen molar-refractivity contribution in [1.82, 2.24) is 9.21 Å². The number of esters is 2. The average Bonchev–Trinajstić information content (AvgIpc) is 3.41. The second-order valence-electron chi connectivity index (χ2n) is 19.2. The second-order valence-corrected chi connectivity index (χ2v) is 22.5. The van der Waals surface area contributed by atoms with E-state index in [1.54, 1.807) is 62.3 Å². The van der Waals surface area contributed by atoms with Crippen molar-refractivity contribution in [3.8, 4) is 16.2 Å². The first kappa shape index (κ1) is 48.6. The maximum absolute atomic E-state index is 14.9. The molecule has 3 aromatic rings. The van der Waals surface area contributed by atoms with Gasteiger partial charge in [0.2, 0.25) is 15.9 Å². The number of sulfonamides is 1. The Morgan fingerprint density at radius 2 is 1.56 bits per heavy atom. The molecule has 2 aliphatic heterocycles. The number of amides is 2. The zero-order chi connectivity index (χ0) is 46.2. The van der Waals surface area contributed by atoms with Crippen LogP contribution in [0.1, 0.15) is 104 Å². The van der Waals surface area contributed by atoms with Gasteiger partial charge in [-0.25, -0.2) is 27.2 Å². The Balaban J connectivity index is 1.24. The van der Waals surface area contributed by atoms with Gasteiger partial charge in [0.15, 0.2) is 17.2 Å². The molecule has 2 saturated heterocycles. The van der Waals surface area contributed by atoms with E-state index < -0.39 is 80.4 Å². The Morgan fingerprint density at radius 1 is 0.919 bits per heavy atom. The number of nitrogens with zero attached hydrogens (tertiary/aromatic N) is 2. The van der Waals surface area contributed by atoms with Gasteiger partial charge in [0, 0.05) is 36.9 Å². The van der Waals surface area contributed by atoms with Gasteiger partial charge < -0.3 is 34.5 Å². The molecule has 1 atom stereocenters. The predicted molar refractivity (Wildman–Crippen MR) is 238 cm³/mol. The van der Waals surface area contributed by atoms with Crippen LogP contribution in [0.5, 0.6) is 5.75 Å². The molecule has 2 aromatic carbocycles. The lowest BCUT2D eigenvalue weighted by molar-refractivity contribution is -0.157. The maximum atomic E-state index is 14.9. The summed E-state index contributed by atoms with van der Waals surface area (Å²) in [5.74, 6) is -3.44. The van der Waals surface area contributed by atoms with E-state index in [1.807, 2.05) is 38.1 Å². The van der Waals surface area contributed by atoms with Crippen molar-refractivity contribution < 1.29 is 50.9 Å². The van der Waals surface area contributed by atoms with Gasteiger partial charge in [0.05, 0.1) is 22.2 Å². The van der Waals surface area contributed by atoms with E-state index in [2.05, 4.69) is 10.6 Å². The van der Waals surface area contributed by atoms with Crippen molar-refractivity contribution in [2.24, 2.45) is 5.92 Å². The number of hydrogen-bond acceptors (Lipinski definition) is 12. The molecule has 18 heteroatoms. The molecule has 0 unspecified atom stereocenters. The second kappa shape index (κ2) is 18.3. The Morgan fingerprint density at radius 3 is 2.18 bits per heavy atom. The highest BCUT2D eigenvalue weighted by Gasteiger charge is 2.42. The number of carbonyl (C=O) groups excluding carboxylic acids is 4. The van der Waals surface area contributed by atoms with Gasteiger partial charge >= 0.3 is 18.0 Å². The van der Waals surface area contributed by atoms with E-state index in [1.165, 1.54) is 21.3 Å². The van der Waals surface area contributed by atoms with Gasteiger partial charge in [0.1, 0.15) is 27.6 Å². The Kier molecular flexibility index (Phi) is 14.4. The number of likely N-dealkylation sites (tertiary alicyclic amines) is 1. The van der Waals surface area contributed by atoms with Crippen molar-refractivity contribution in [3.63, 3.8) is 0 Å². The number of rotatable bonds is 12. The summed E-state index contributed by atoms with van der Waals surface area (Å²) in [6, 6.07) is 11.1. The van der Waals surface area contributed by atoms with Gasteiger partial charge in [-0.05, 0) is 124 Å². The summed E-state index contributed by atoms with van der Waals surface area (Å²) in [6.07, 6.45) is 0.395. The van der Waals surface area contributed by atoms with Crippen LogP contribution in [0.25, 0.3) is 10.4 Å². The number of ether oxygens (including phenoxy) is 4. The van der Waals surface area contributed by atoms with Crippen LogP contribution >= 0.6 is 22.9 Å². The number of nitrogens with one attached hydrogen (secondary N) is 2. The van der Waals surface area contributed by atoms with Gasteiger partial charge in [0.25, 0.3) is 0 Å².